The van der Waals surface area contributed by atoms with E-state index in [0.717, 1.165) is 27.7 Å². The Morgan fingerprint density at radius 3 is 2.61 bits per heavy atom. The van der Waals surface area contributed by atoms with Gasteiger partial charge in [0.25, 0.3) is 0 Å². The largest absolute Gasteiger partial charge is 0.328 e. The van der Waals surface area contributed by atoms with Crippen LogP contribution in [0.2, 0.25) is 0 Å². The average molecular weight is 523 g/mol. The van der Waals surface area contributed by atoms with E-state index < -0.39 is 0 Å². The lowest BCUT2D eigenvalue weighted by Gasteiger charge is -2.38. The number of aromatic nitrogens is 3. The number of benzene rings is 2. The molecule has 0 bridgehead atoms. The summed E-state index contributed by atoms with van der Waals surface area (Å²) in [6, 6.07) is 16.8. The lowest BCUT2D eigenvalue weighted by Crippen LogP contribution is -2.36. The van der Waals surface area contributed by atoms with Crippen molar-refractivity contribution in [1.29, 1.82) is 0 Å². The number of halogens is 1. The maximum absolute atomic E-state index is 13.3. The first-order chi connectivity index (χ1) is 15.8. The second-order valence-corrected chi connectivity index (χ2v) is 11.0. The van der Waals surface area contributed by atoms with Gasteiger partial charge < -0.3 is 5.32 Å². The lowest BCUT2D eigenvalue weighted by molar-refractivity contribution is -0.118. The molecule has 1 aliphatic carbocycles. The molecule has 2 aromatic carbocycles. The van der Waals surface area contributed by atoms with Crippen LogP contribution in [0.4, 0.5) is 5.95 Å². The van der Waals surface area contributed by atoms with E-state index in [1.165, 1.54) is 11.8 Å². The number of nitrogens with zero attached hydrogens (tertiary/aromatic N) is 3. The third kappa shape index (κ3) is 4.42. The number of allylic oxidation sites excluding steroid dienone is 2. The Labute approximate surface area is 205 Å². The van der Waals surface area contributed by atoms with Crippen molar-refractivity contribution in [2.45, 2.75) is 37.9 Å². The van der Waals surface area contributed by atoms with Gasteiger partial charge in [0.05, 0.1) is 5.75 Å². The Kier molecular flexibility index (Phi) is 5.74. The van der Waals surface area contributed by atoms with Crippen LogP contribution in [-0.2, 0) is 4.79 Å². The second-order valence-electron chi connectivity index (χ2n) is 9.15. The van der Waals surface area contributed by atoms with Crippen LogP contribution in [0, 0.1) is 5.41 Å². The topological polar surface area (TPSA) is 76.9 Å². The fraction of sp³-hybridized carbons (Fsp3) is 0.280. The molecule has 2 heterocycles. The molecule has 0 unspecified atom stereocenters. The summed E-state index contributed by atoms with van der Waals surface area (Å²) in [6.45, 7) is 4.22. The van der Waals surface area contributed by atoms with Crippen LogP contribution in [0.3, 0.4) is 0 Å². The molecule has 0 saturated carbocycles. The van der Waals surface area contributed by atoms with E-state index in [2.05, 4.69) is 40.1 Å². The Morgan fingerprint density at radius 1 is 1.15 bits per heavy atom. The first-order valence-electron chi connectivity index (χ1n) is 10.8. The van der Waals surface area contributed by atoms with Crippen LogP contribution in [-0.4, -0.2) is 32.1 Å². The van der Waals surface area contributed by atoms with Gasteiger partial charge in [-0.1, -0.05) is 84.0 Å². The molecule has 2 aliphatic rings. The number of carbonyl (C=O) groups excluding carboxylic acids is 2. The highest BCUT2D eigenvalue weighted by atomic mass is 79.9. The van der Waals surface area contributed by atoms with E-state index in [-0.39, 0.29) is 28.8 Å². The number of hydrogen-bond acceptors (Lipinski definition) is 6. The third-order valence-electron chi connectivity index (χ3n) is 5.93. The zero-order valence-electron chi connectivity index (χ0n) is 18.3. The van der Waals surface area contributed by atoms with Gasteiger partial charge in [0.1, 0.15) is 6.04 Å². The highest BCUT2D eigenvalue weighted by Crippen LogP contribution is 2.45. The summed E-state index contributed by atoms with van der Waals surface area (Å²) >= 11 is 4.80. The van der Waals surface area contributed by atoms with Gasteiger partial charge in [-0.2, -0.15) is 4.98 Å². The van der Waals surface area contributed by atoms with Crippen molar-refractivity contribution in [2.24, 2.45) is 5.41 Å². The maximum Gasteiger partial charge on any atom is 0.227 e. The lowest BCUT2D eigenvalue weighted by atomic mass is 9.73. The number of thioether (sulfide) groups is 1. The number of fused-ring (bicyclic) bond motifs is 1. The highest BCUT2D eigenvalue weighted by molar-refractivity contribution is 9.10. The summed E-state index contributed by atoms with van der Waals surface area (Å²) < 4.78 is 2.76. The molecule has 8 heteroatoms. The molecule has 0 fully saturated rings. The van der Waals surface area contributed by atoms with Gasteiger partial charge in [-0.25, -0.2) is 4.68 Å². The number of Topliss-reactive ketones (excluding diaryl/α,β-unsaturated/α-hetero) is 2. The van der Waals surface area contributed by atoms with E-state index >= 15 is 0 Å². The molecule has 5 rings (SSSR count). The summed E-state index contributed by atoms with van der Waals surface area (Å²) in [7, 11) is 0. The number of carbonyl (C=O) groups is 2. The monoisotopic (exact) mass is 522 g/mol. The first kappa shape index (κ1) is 22.1. The molecule has 1 aliphatic heterocycles. The Balaban J connectivity index is 1.49. The maximum atomic E-state index is 13.3. The summed E-state index contributed by atoms with van der Waals surface area (Å²) in [5.41, 5.74) is 3.20. The minimum Gasteiger partial charge on any atom is -0.328 e. The van der Waals surface area contributed by atoms with Crippen LogP contribution >= 0.6 is 27.7 Å². The molecule has 0 radical (unpaired) electrons. The van der Waals surface area contributed by atoms with E-state index in [1.807, 2.05) is 54.6 Å². The summed E-state index contributed by atoms with van der Waals surface area (Å²) in [5.74, 6) is 1.01. The summed E-state index contributed by atoms with van der Waals surface area (Å²) in [6.07, 6.45) is 1.26. The van der Waals surface area contributed by atoms with Crippen molar-refractivity contribution in [3.8, 4) is 0 Å². The second kappa shape index (κ2) is 8.57. The Bertz CT molecular complexity index is 1270. The molecule has 168 valence electrons. The van der Waals surface area contributed by atoms with Crippen LogP contribution in [0.5, 0.6) is 0 Å². The first-order valence-corrected chi connectivity index (χ1v) is 12.5. The fourth-order valence-corrected chi connectivity index (χ4v) is 5.43. The zero-order chi connectivity index (χ0) is 23.2. The summed E-state index contributed by atoms with van der Waals surface area (Å²) in [4.78, 5) is 30.5. The third-order valence-corrected chi connectivity index (χ3v) is 7.29. The minimum atomic E-state index is -0.348. The predicted octanol–water partition coefficient (Wildman–Crippen LogP) is 5.67. The van der Waals surface area contributed by atoms with Crippen LogP contribution in [0.15, 0.2) is 75.5 Å². The van der Waals surface area contributed by atoms with E-state index in [0.29, 0.717) is 23.1 Å². The molecular formula is C25H23BrN4O2S. The van der Waals surface area contributed by atoms with Crippen molar-refractivity contribution >= 4 is 45.2 Å². The number of anilines is 1. The molecule has 0 saturated heterocycles. The number of hydrogen-bond donors (Lipinski definition) is 1. The molecule has 0 amide bonds. The number of rotatable bonds is 5. The molecule has 6 nitrogen and oxygen atoms in total. The number of ketones is 2. The van der Waals surface area contributed by atoms with Gasteiger partial charge in [-0.15, -0.1) is 5.10 Å². The van der Waals surface area contributed by atoms with E-state index in [9.17, 15) is 9.59 Å². The van der Waals surface area contributed by atoms with Crippen LogP contribution < -0.4 is 5.32 Å². The normalized spacial score (nSPS) is 19.0. The number of nitrogens with one attached hydrogen (secondary N) is 1. The molecule has 3 aromatic rings. The fourth-order valence-electron chi connectivity index (χ4n) is 4.44. The predicted molar refractivity (Wildman–Crippen MR) is 132 cm³/mol. The van der Waals surface area contributed by atoms with Gasteiger partial charge in [-0.05, 0) is 29.5 Å². The van der Waals surface area contributed by atoms with Gasteiger partial charge in [-0.3, -0.25) is 9.59 Å². The smallest absolute Gasteiger partial charge is 0.227 e. The van der Waals surface area contributed by atoms with Gasteiger partial charge in [0, 0.05) is 27.7 Å². The van der Waals surface area contributed by atoms with E-state index in [4.69, 9.17) is 5.10 Å². The minimum absolute atomic E-state index is 0.0279. The quantitative estimate of drug-likeness (QED) is 0.343. The van der Waals surface area contributed by atoms with Crippen LogP contribution in [0.25, 0.3) is 0 Å². The van der Waals surface area contributed by atoms with Crippen molar-refractivity contribution in [3.63, 3.8) is 0 Å². The van der Waals surface area contributed by atoms with Crippen molar-refractivity contribution in [1.82, 2.24) is 14.8 Å². The highest BCUT2D eigenvalue weighted by Gasteiger charge is 2.41. The molecule has 33 heavy (non-hydrogen) atoms. The van der Waals surface area contributed by atoms with Crippen LogP contribution in [0.1, 0.15) is 48.7 Å². The standard InChI is InChI=1S/C25H23BrN4O2S/c1-25(2)12-18-21(19(31)13-25)22(16-8-10-17(26)11-9-16)30-23(27-18)28-24(29-30)33-14-20(32)15-6-4-3-5-7-15/h3-11,22H,12-14H2,1-2H3,(H,27,28,29)/t22-/m0/s1. The zero-order valence-corrected chi connectivity index (χ0v) is 20.7. The molecule has 0 spiro atoms. The SMILES string of the molecule is CC1(C)CC(=O)C2=C(C1)Nc1nc(SCC(=O)c3ccccc3)nn1[C@H]2c1ccc(Br)cc1. The van der Waals surface area contributed by atoms with E-state index in [1.54, 1.807) is 4.68 Å². The molecular weight excluding hydrogens is 500 g/mol. The van der Waals surface area contributed by atoms with Gasteiger partial charge >= 0.3 is 0 Å². The molecule has 1 N–H and O–H groups in total. The van der Waals surface area contributed by atoms with Crippen molar-refractivity contribution in [3.05, 3.63) is 81.5 Å². The Hall–Kier alpha value is -2.71. The van der Waals surface area contributed by atoms with Gasteiger partial charge in [0.2, 0.25) is 11.1 Å². The van der Waals surface area contributed by atoms with Crippen molar-refractivity contribution in [2.75, 3.05) is 11.1 Å². The van der Waals surface area contributed by atoms with Gasteiger partial charge in [0.15, 0.2) is 11.6 Å². The van der Waals surface area contributed by atoms with Crippen molar-refractivity contribution < 1.29 is 9.59 Å². The summed E-state index contributed by atoms with van der Waals surface area (Å²) in [5, 5.41) is 8.60. The average Bonchev–Trinajstić information content (AvgIpc) is 3.19. The molecule has 1 aromatic heterocycles. The molecule has 1 atom stereocenters. The Morgan fingerprint density at radius 2 is 1.88 bits per heavy atom.